The van der Waals surface area contributed by atoms with E-state index in [9.17, 15) is 4.79 Å². The summed E-state index contributed by atoms with van der Waals surface area (Å²) >= 11 is 2.94. The summed E-state index contributed by atoms with van der Waals surface area (Å²) in [6, 6.07) is 7.87. The van der Waals surface area contributed by atoms with Gasteiger partial charge < -0.3 is 11.1 Å². The molecule has 1 fully saturated rings. The number of aryl methyl sites for hydroxylation is 1. The number of para-hydroxylation sites is 1. The van der Waals surface area contributed by atoms with Crippen molar-refractivity contribution in [3.05, 3.63) is 69.6 Å². The maximum absolute atomic E-state index is 13.3. The molecule has 1 aliphatic rings. The van der Waals surface area contributed by atoms with Gasteiger partial charge >= 0.3 is 0 Å². The molecule has 33 heavy (non-hydrogen) atoms. The lowest BCUT2D eigenvalue weighted by Gasteiger charge is -2.11. The van der Waals surface area contributed by atoms with Crippen LogP contribution in [-0.4, -0.2) is 24.5 Å². The maximum atomic E-state index is 13.3. The Labute approximate surface area is 199 Å². The van der Waals surface area contributed by atoms with Gasteiger partial charge in [-0.05, 0) is 48.3 Å². The Morgan fingerprint density at radius 2 is 2.09 bits per heavy atom. The van der Waals surface area contributed by atoms with Crippen molar-refractivity contribution < 1.29 is 0 Å². The van der Waals surface area contributed by atoms with Crippen LogP contribution >= 0.6 is 23.1 Å². The highest BCUT2D eigenvalue weighted by atomic mass is 32.2. The average Bonchev–Trinajstić information content (AvgIpc) is 3.55. The average molecular weight is 478 g/mol. The molecule has 0 saturated heterocycles. The Bertz CT molecular complexity index is 1410. The number of thiophene rings is 1. The van der Waals surface area contributed by atoms with E-state index in [1.165, 1.54) is 23.1 Å². The minimum atomic E-state index is -0.0115. The van der Waals surface area contributed by atoms with Crippen LogP contribution in [0.1, 0.15) is 35.7 Å². The maximum Gasteiger partial charge on any atom is 0.263 e. The number of anilines is 3. The minimum Gasteiger partial charge on any atom is -0.368 e. The number of fused-ring (bicyclic) bond motifs is 1. The molecule has 3 N–H and O–H groups in total. The molecule has 0 atom stereocenters. The summed E-state index contributed by atoms with van der Waals surface area (Å²) in [7, 11) is 0. The van der Waals surface area contributed by atoms with Crippen LogP contribution in [0.4, 0.5) is 17.6 Å². The molecule has 0 amide bonds. The van der Waals surface area contributed by atoms with Crippen LogP contribution in [0.5, 0.6) is 0 Å². The molecular weight excluding hydrogens is 454 g/mol. The molecule has 0 aliphatic heterocycles. The lowest BCUT2D eigenvalue weighted by molar-refractivity contribution is 0.672. The Balaban J connectivity index is 1.43. The van der Waals surface area contributed by atoms with Gasteiger partial charge in [0.15, 0.2) is 5.16 Å². The smallest absolute Gasteiger partial charge is 0.263 e. The second-order valence-corrected chi connectivity index (χ2v) is 9.71. The molecule has 0 radical (unpaired) electrons. The molecule has 1 aromatic carbocycles. The van der Waals surface area contributed by atoms with Crippen LogP contribution < -0.4 is 16.6 Å². The summed E-state index contributed by atoms with van der Waals surface area (Å²) in [5.74, 6) is 1.91. The summed E-state index contributed by atoms with van der Waals surface area (Å²) in [5, 5.41) is 6.65. The van der Waals surface area contributed by atoms with Crippen LogP contribution in [-0.2, 0) is 12.3 Å². The summed E-state index contributed by atoms with van der Waals surface area (Å²) in [6.45, 7) is 6.21. The molecule has 0 spiro atoms. The van der Waals surface area contributed by atoms with E-state index in [2.05, 4.69) is 32.2 Å². The SMILES string of the molecule is C=CCn1c(SCc2nc(N)nc(Nc3ccccc3C)n2)nc2scc(C3CC3)c2c1=O. The van der Waals surface area contributed by atoms with Crippen LogP contribution in [0.15, 0.2) is 52.3 Å². The lowest BCUT2D eigenvalue weighted by Crippen LogP contribution is -2.23. The first-order chi connectivity index (χ1) is 16.0. The highest BCUT2D eigenvalue weighted by Gasteiger charge is 2.28. The van der Waals surface area contributed by atoms with Crippen molar-refractivity contribution in [2.75, 3.05) is 11.1 Å². The number of nitrogens with two attached hydrogens (primary N) is 1. The number of nitrogens with one attached hydrogen (secondary N) is 1. The molecule has 4 aromatic rings. The third-order valence-corrected chi connectivity index (χ3v) is 7.30. The predicted octanol–water partition coefficient (Wildman–Crippen LogP) is 4.63. The molecule has 1 saturated carbocycles. The van der Waals surface area contributed by atoms with Crippen molar-refractivity contribution >= 4 is 50.9 Å². The second-order valence-electron chi connectivity index (χ2n) is 7.91. The number of nitrogens with zero attached hydrogens (tertiary/aromatic N) is 5. The van der Waals surface area contributed by atoms with Gasteiger partial charge in [-0.1, -0.05) is 36.0 Å². The van der Waals surface area contributed by atoms with Crippen molar-refractivity contribution in [1.82, 2.24) is 24.5 Å². The molecule has 1 aliphatic carbocycles. The molecule has 168 valence electrons. The van der Waals surface area contributed by atoms with Gasteiger partial charge in [0.1, 0.15) is 10.7 Å². The number of aromatic nitrogens is 5. The van der Waals surface area contributed by atoms with Crippen molar-refractivity contribution in [3.63, 3.8) is 0 Å². The fraction of sp³-hybridized carbons (Fsp3) is 0.261. The number of benzene rings is 1. The van der Waals surface area contributed by atoms with E-state index in [0.29, 0.717) is 35.1 Å². The van der Waals surface area contributed by atoms with Crippen molar-refractivity contribution in [2.45, 2.75) is 43.1 Å². The van der Waals surface area contributed by atoms with Gasteiger partial charge in [0, 0.05) is 12.2 Å². The Morgan fingerprint density at radius 3 is 2.85 bits per heavy atom. The first kappa shape index (κ1) is 21.6. The highest BCUT2D eigenvalue weighted by Crippen LogP contribution is 2.44. The topological polar surface area (TPSA) is 112 Å². The van der Waals surface area contributed by atoms with Crippen molar-refractivity contribution in [2.24, 2.45) is 0 Å². The first-order valence-corrected chi connectivity index (χ1v) is 12.5. The fourth-order valence-corrected chi connectivity index (χ4v) is 5.57. The zero-order chi connectivity index (χ0) is 22.9. The molecule has 3 heterocycles. The highest BCUT2D eigenvalue weighted by molar-refractivity contribution is 7.98. The van der Waals surface area contributed by atoms with Crippen LogP contribution in [0.3, 0.4) is 0 Å². The third kappa shape index (κ3) is 4.49. The second kappa shape index (κ2) is 8.95. The van der Waals surface area contributed by atoms with E-state index in [4.69, 9.17) is 10.7 Å². The Kier molecular flexibility index (Phi) is 5.86. The predicted molar refractivity (Wildman–Crippen MR) is 134 cm³/mol. The van der Waals surface area contributed by atoms with Crippen molar-refractivity contribution in [3.8, 4) is 0 Å². The van der Waals surface area contributed by atoms with E-state index in [-0.39, 0.29) is 11.5 Å². The molecule has 10 heteroatoms. The molecule has 8 nitrogen and oxygen atoms in total. The van der Waals surface area contributed by atoms with Crippen LogP contribution in [0.2, 0.25) is 0 Å². The van der Waals surface area contributed by atoms with Gasteiger partial charge in [-0.2, -0.15) is 15.0 Å². The van der Waals surface area contributed by atoms with E-state index in [0.717, 1.165) is 39.9 Å². The van der Waals surface area contributed by atoms with Gasteiger partial charge in [-0.3, -0.25) is 9.36 Å². The zero-order valence-corrected chi connectivity index (χ0v) is 19.7. The quantitative estimate of drug-likeness (QED) is 0.215. The van der Waals surface area contributed by atoms with E-state index < -0.39 is 0 Å². The monoisotopic (exact) mass is 477 g/mol. The number of rotatable bonds is 8. The molecule has 3 aromatic heterocycles. The Hall–Kier alpha value is -3.24. The number of hydrogen-bond donors (Lipinski definition) is 2. The van der Waals surface area contributed by atoms with E-state index >= 15 is 0 Å². The normalized spacial score (nSPS) is 13.4. The standard InChI is InChI=1S/C23H23N7OS2/c1-3-10-30-20(31)18-15(14-8-9-14)11-32-19(18)28-23(30)33-12-17-26-21(24)29-22(27-17)25-16-7-5-4-6-13(16)2/h3-7,11,14H,1,8-10,12H2,2H3,(H3,24,25,26,27,29). The number of allylic oxidation sites excluding steroid dienone is 1. The first-order valence-electron chi connectivity index (χ1n) is 10.6. The van der Waals surface area contributed by atoms with Gasteiger partial charge in [-0.15, -0.1) is 17.9 Å². The number of hydrogen-bond acceptors (Lipinski definition) is 9. The third-order valence-electron chi connectivity index (χ3n) is 5.44. The van der Waals surface area contributed by atoms with Crippen molar-refractivity contribution in [1.29, 1.82) is 0 Å². The van der Waals surface area contributed by atoms with Gasteiger partial charge in [0.2, 0.25) is 11.9 Å². The molecule has 5 rings (SSSR count). The Morgan fingerprint density at radius 1 is 1.27 bits per heavy atom. The summed E-state index contributed by atoms with van der Waals surface area (Å²) < 4.78 is 1.68. The van der Waals surface area contributed by atoms with Crippen LogP contribution in [0, 0.1) is 6.92 Å². The molecular formula is C23H23N7OS2. The summed E-state index contributed by atoms with van der Waals surface area (Å²) in [6.07, 6.45) is 4.00. The lowest BCUT2D eigenvalue weighted by atomic mass is 10.1. The number of nitrogen functional groups attached to an aromatic ring is 1. The number of thioether (sulfide) groups is 1. The van der Waals surface area contributed by atoms with Crippen LogP contribution in [0.25, 0.3) is 10.2 Å². The van der Waals surface area contributed by atoms with E-state index in [1.807, 2.05) is 31.2 Å². The van der Waals surface area contributed by atoms with Gasteiger partial charge in [-0.25, -0.2) is 4.98 Å². The largest absolute Gasteiger partial charge is 0.368 e. The van der Waals surface area contributed by atoms with Gasteiger partial charge in [0.05, 0.1) is 11.1 Å². The summed E-state index contributed by atoms with van der Waals surface area (Å²) in [4.78, 5) is 31.9. The minimum absolute atomic E-state index is 0.0115. The fourth-order valence-electron chi connectivity index (χ4n) is 3.64. The molecule has 0 bridgehead atoms. The molecule has 0 unspecified atom stereocenters. The van der Waals surface area contributed by atoms with E-state index in [1.54, 1.807) is 10.6 Å². The summed E-state index contributed by atoms with van der Waals surface area (Å²) in [5.41, 5.74) is 9.04. The zero-order valence-electron chi connectivity index (χ0n) is 18.1. The van der Waals surface area contributed by atoms with Gasteiger partial charge in [0.25, 0.3) is 5.56 Å².